The Bertz CT molecular complexity index is 1030. The summed E-state index contributed by atoms with van der Waals surface area (Å²) in [6, 6.07) is 6.76. The maximum absolute atomic E-state index is 12.9. The first kappa shape index (κ1) is 15.6. The van der Waals surface area contributed by atoms with Crippen LogP contribution in [0.1, 0.15) is 24.4 Å². The monoisotopic (exact) mass is 342 g/mol. The highest BCUT2D eigenvalue weighted by Gasteiger charge is 2.61. The largest absolute Gasteiger partial charge is 0.466 e. The number of benzene rings is 1. The molecule has 2 aliphatic heterocycles. The fourth-order valence-corrected chi connectivity index (χ4v) is 3.59. The highest BCUT2D eigenvalue weighted by atomic mass is 16.6. The Morgan fingerprint density at radius 1 is 1.12 bits per heavy atom. The Hall–Kier alpha value is -2.93. The maximum Gasteiger partial charge on any atom is 0.337 e. The van der Waals surface area contributed by atoms with Crippen molar-refractivity contribution >= 4 is 22.9 Å². The van der Waals surface area contributed by atoms with Gasteiger partial charge >= 0.3 is 11.9 Å². The Labute approximate surface area is 141 Å². The summed E-state index contributed by atoms with van der Waals surface area (Å²) in [5, 5.41) is 0.379. The van der Waals surface area contributed by atoms with E-state index in [9.17, 15) is 14.4 Å². The number of rotatable bonds is 2. The van der Waals surface area contributed by atoms with Gasteiger partial charge < -0.3 is 18.6 Å². The van der Waals surface area contributed by atoms with Gasteiger partial charge in [0, 0.05) is 0 Å². The maximum atomic E-state index is 12.9. The fraction of sp³-hybridized carbons (Fsp3) is 0.278. The van der Waals surface area contributed by atoms with Gasteiger partial charge in [0.25, 0.3) is 0 Å². The molecule has 3 heterocycles. The number of carbonyl (C=O) groups is 2. The van der Waals surface area contributed by atoms with Crippen LogP contribution in [0, 0.1) is 0 Å². The molecule has 0 radical (unpaired) electrons. The molecule has 0 N–H and O–H groups in total. The van der Waals surface area contributed by atoms with Crippen LogP contribution in [0.3, 0.4) is 0 Å². The lowest BCUT2D eigenvalue weighted by Crippen LogP contribution is -2.31. The minimum atomic E-state index is -1.39. The van der Waals surface area contributed by atoms with Gasteiger partial charge in [0.15, 0.2) is 16.8 Å². The number of hydrogen-bond acceptors (Lipinski definition) is 7. The molecule has 0 spiro atoms. The van der Waals surface area contributed by atoms with Crippen LogP contribution in [0.15, 0.2) is 44.6 Å². The molecule has 0 fully saturated rings. The van der Waals surface area contributed by atoms with Gasteiger partial charge in [0.1, 0.15) is 11.7 Å². The SMILES string of the molecule is COC(=O)C1=C(C(=O)OC)C2(C)OC1c1c2oc2ccccc2c1=O. The highest BCUT2D eigenvalue weighted by Crippen LogP contribution is 2.57. The third-order valence-electron chi connectivity index (χ3n) is 4.69. The summed E-state index contributed by atoms with van der Waals surface area (Å²) in [7, 11) is 2.40. The first-order valence-electron chi connectivity index (χ1n) is 7.59. The van der Waals surface area contributed by atoms with Crippen molar-refractivity contribution in [2.24, 2.45) is 0 Å². The van der Waals surface area contributed by atoms with Gasteiger partial charge in [-0.2, -0.15) is 0 Å². The van der Waals surface area contributed by atoms with E-state index in [1.54, 1.807) is 31.2 Å². The molecule has 0 aliphatic carbocycles. The molecule has 2 unspecified atom stereocenters. The molecule has 4 rings (SSSR count). The number of hydrogen-bond donors (Lipinski definition) is 0. The Morgan fingerprint density at radius 3 is 2.48 bits per heavy atom. The minimum Gasteiger partial charge on any atom is -0.466 e. The Balaban J connectivity index is 2.07. The van der Waals surface area contributed by atoms with E-state index >= 15 is 0 Å². The van der Waals surface area contributed by atoms with E-state index in [1.165, 1.54) is 14.2 Å². The van der Waals surface area contributed by atoms with E-state index in [2.05, 4.69) is 0 Å². The zero-order valence-electron chi connectivity index (χ0n) is 13.7. The van der Waals surface area contributed by atoms with Gasteiger partial charge in [-0.1, -0.05) is 12.1 Å². The normalized spacial score (nSPS) is 23.7. The lowest BCUT2D eigenvalue weighted by molar-refractivity contribution is -0.140. The number of methoxy groups -OCH3 is 2. The summed E-state index contributed by atoms with van der Waals surface area (Å²) in [6.45, 7) is 1.58. The van der Waals surface area contributed by atoms with Crippen molar-refractivity contribution in [2.45, 2.75) is 18.6 Å². The van der Waals surface area contributed by atoms with Crippen LogP contribution in [0.25, 0.3) is 11.0 Å². The molecule has 2 atom stereocenters. The predicted molar refractivity (Wildman–Crippen MR) is 84.7 cm³/mol. The van der Waals surface area contributed by atoms with Crippen molar-refractivity contribution in [1.82, 2.24) is 0 Å². The summed E-state index contributed by atoms with van der Waals surface area (Å²) in [5.74, 6) is -1.26. The van der Waals surface area contributed by atoms with E-state index in [1.807, 2.05) is 0 Å². The van der Waals surface area contributed by atoms with E-state index in [4.69, 9.17) is 18.6 Å². The quantitative estimate of drug-likeness (QED) is 0.768. The van der Waals surface area contributed by atoms with Gasteiger partial charge in [-0.15, -0.1) is 0 Å². The summed E-state index contributed by atoms with van der Waals surface area (Å²) >= 11 is 0. The summed E-state index contributed by atoms with van der Waals surface area (Å²) < 4.78 is 21.4. The van der Waals surface area contributed by atoms with E-state index < -0.39 is 23.6 Å². The van der Waals surface area contributed by atoms with Crippen LogP contribution < -0.4 is 5.43 Å². The lowest BCUT2D eigenvalue weighted by atomic mass is 9.81. The molecule has 1 aromatic carbocycles. The van der Waals surface area contributed by atoms with Crippen LogP contribution in [0.4, 0.5) is 0 Å². The van der Waals surface area contributed by atoms with Gasteiger partial charge in [0.2, 0.25) is 0 Å². The summed E-state index contributed by atoms with van der Waals surface area (Å²) in [6.07, 6.45) is -1.03. The predicted octanol–water partition coefficient (Wildman–Crippen LogP) is 1.74. The number of esters is 2. The van der Waals surface area contributed by atoms with Crippen LogP contribution in [-0.2, 0) is 29.4 Å². The fourth-order valence-electron chi connectivity index (χ4n) is 3.59. The number of ether oxygens (including phenoxy) is 3. The molecule has 2 aliphatic rings. The standard InChI is InChI=1S/C18H14O7/c1-18-12(17(21)23-3)10(16(20)22-2)14(25-18)11-13(19)8-6-4-5-7-9(8)24-15(11)18/h4-7,14H,1-3H3. The number of para-hydroxylation sites is 1. The van der Waals surface area contributed by atoms with Crippen molar-refractivity contribution in [2.75, 3.05) is 14.2 Å². The second-order valence-electron chi connectivity index (χ2n) is 5.97. The molecule has 2 bridgehead atoms. The van der Waals surface area contributed by atoms with Crippen molar-refractivity contribution in [3.63, 3.8) is 0 Å². The Morgan fingerprint density at radius 2 is 1.80 bits per heavy atom. The zero-order valence-corrected chi connectivity index (χ0v) is 13.7. The summed E-state index contributed by atoms with van der Waals surface area (Å²) in [5.41, 5.74) is -1.11. The molecule has 0 saturated carbocycles. The van der Waals surface area contributed by atoms with Crippen molar-refractivity contribution in [1.29, 1.82) is 0 Å². The van der Waals surface area contributed by atoms with Crippen molar-refractivity contribution in [3.8, 4) is 0 Å². The molecule has 7 heteroatoms. The van der Waals surface area contributed by atoms with Crippen molar-refractivity contribution < 1.29 is 28.2 Å². The first-order chi connectivity index (χ1) is 11.9. The van der Waals surface area contributed by atoms with Crippen LogP contribution in [-0.4, -0.2) is 26.2 Å². The zero-order chi connectivity index (χ0) is 17.9. The number of carbonyl (C=O) groups excluding carboxylic acids is 2. The average molecular weight is 342 g/mol. The molecule has 0 amide bonds. The molecule has 25 heavy (non-hydrogen) atoms. The third kappa shape index (κ3) is 1.81. The minimum absolute atomic E-state index is 0.00205. The first-order valence-corrected chi connectivity index (χ1v) is 7.59. The highest BCUT2D eigenvalue weighted by molar-refractivity contribution is 6.05. The molecule has 1 aromatic heterocycles. The molecule has 0 saturated heterocycles. The molecule has 2 aromatic rings. The van der Waals surface area contributed by atoms with Crippen LogP contribution >= 0.6 is 0 Å². The van der Waals surface area contributed by atoms with Gasteiger partial charge in [-0.25, -0.2) is 9.59 Å². The third-order valence-corrected chi connectivity index (χ3v) is 4.69. The number of fused-ring (bicyclic) bond motifs is 6. The van der Waals surface area contributed by atoms with E-state index in [0.29, 0.717) is 11.0 Å². The lowest BCUT2D eigenvalue weighted by Gasteiger charge is -2.23. The molecular weight excluding hydrogens is 328 g/mol. The van der Waals surface area contributed by atoms with E-state index in [0.717, 1.165) is 0 Å². The Kier molecular flexibility index (Phi) is 3.14. The molecule has 128 valence electrons. The van der Waals surface area contributed by atoms with E-state index in [-0.39, 0.29) is 27.9 Å². The van der Waals surface area contributed by atoms with Crippen LogP contribution in [0.5, 0.6) is 0 Å². The van der Waals surface area contributed by atoms with Crippen molar-refractivity contribution in [3.05, 3.63) is 57.0 Å². The van der Waals surface area contributed by atoms with Gasteiger partial charge in [0.05, 0.1) is 36.3 Å². The average Bonchev–Trinajstić information content (AvgIpc) is 3.09. The van der Waals surface area contributed by atoms with Gasteiger partial charge in [-0.3, -0.25) is 4.79 Å². The smallest absolute Gasteiger partial charge is 0.337 e. The van der Waals surface area contributed by atoms with Gasteiger partial charge in [-0.05, 0) is 19.1 Å². The summed E-state index contributed by atoms with van der Waals surface area (Å²) in [4.78, 5) is 37.5. The molecule has 7 nitrogen and oxygen atoms in total. The second-order valence-corrected chi connectivity index (χ2v) is 5.97. The topological polar surface area (TPSA) is 92.0 Å². The van der Waals surface area contributed by atoms with Crippen LogP contribution in [0.2, 0.25) is 0 Å². The molecular formula is C18H14O7. The second kappa shape index (κ2) is 5.03.